The van der Waals surface area contributed by atoms with Gasteiger partial charge in [-0.2, -0.15) is 0 Å². The lowest BCUT2D eigenvalue weighted by molar-refractivity contribution is 0.306. The summed E-state index contributed by atoms with van der Waals surface area (Å²) < 4.78 is 2.09. The highest BCUT2D eigenvalue weighted by Crippen LogP contribution is 2.18. The second-order valence-corrected chi connectivity index (χ2v) is 5.48. The molecule has 1 N–H and O–H groups in total. The van der Waals surface area contributed by atoms with Gasteiger partial charge in [-0.05, 0) is 45.8 Å². The number of nitrogens with one attached hydrogen (secondary N) is 1. The van der Waals surface area contributed by atoms with Crippen molar-refractivity contribution in [3.63, 3.8) is 0 Å². The van der Waals surface area contributed by atoms with E-state index in [-0.39, 0.29) is 0 Å². The molecule has 0 unspecified atom stereocenters. The first-order chi connectivity index (χ1) is 8.75. The summed E-state index contributed by atoms with van der Waals surface area (Å²) in [4.78, 5) is 6.71. The van der Waals surface area contributed by atoms with Crippen LogP contribution in [0.2, 0.25) is 0 Å². The van der Waals surface area contributed by atoms with Gasteiger partial charge in [0.05, 0.1) is 6.54 Å². The van der Waals surface area contributed by atoms with Gasteiger partial charge in [-0.15, -0.1) is 0 Å². The van der Waals surface area contributed by atoms with Crippen molar-refractivity contribution in [1.82, 2.24) is 19.8 Å². The number of hydrogen-bond donors (Lipinski definition) is 1. The minimum atomic E-state index is 0.857. The van der Waals surface area contributed by atoms with Gasteiger partial charge in [0.15, 0.2) is 0 Å². The van der Waals surface area contributed by atoms with Gasteiger partial charge < -0.3 is 9.88 Å². The largest absolute Gasteiger partial charge is 0.337 e. The third kappa shape index (κ3) is 4.78. The number of rotatable bonds is 9. The molecule has 0 amide bonds. The minimum Gasteiger partial charge on any atom is -0.337 e. The van der Waals surface area contributed by atoms with Crippen LogP contribution in [0.5, 0.6) is 0 Å². The molecule has 0 saturated heterocycles. The van der Waals surface area contributed by atoms with Crippen molar-refractivity contribution >= 4 is 0 Å². The van der Waals surface area contributed by atoms with Crippen molar-refractivity contribution in [1.29, 1.82) is 0 Å². The number of nitrogens with zero attached hydrogens (tertiary/aromatic N) is 3. The third-order valence-corrected chi connectivity index (χ3v) is 3.56. The average molecular weight is 250 g/mol. The maximum Gasteiger partial charge on any atom is 0.122 e. The molecule has 0 aliphatic heterocycles. The SMILES string of the molecule is CN(CCCCCNC1CC1)Cc1nccn1C. The Labute approximate surface area is 110 Å². The fourth-order valence-corrected chi connectivity index (χ4v) is 2.15. The number of aryl methyl sites for hydroxylation is 1. The lowest BCUT2D eigenvalue weighted by Crippen LogP contribution is -2.22. The number of unbranched alkanes of at least 4 members (excludes halogenated alkanes) is 2. The van der Waals surface area contributed by atoms with Crippen molar-refractivity contribution in [2.45, 2.75) is 44.7 Å². The summed E-state index contributed by atoms with van der Waals surface area (Å²) in [5, 5.41) is 3.56. The highest BCUT2D eigenvalue weighted by molar-refractivity contribution is 4.90. The number of hydrogen-bond acceptors (Lipinski definition) is 3. The van der Waals surface area contributed by atoms with Gasteiger partial charge in [-0.3, -0.25) is 4.90 Å². The van der Waals surface area contributed by atoms with Gasteiger partial charge in [-0.25, -0.2) is 4.98 Å². The lowest BCUT2D eigenvalue weighted by Gasteiger charge is -2.16. The normalized spacial score (nSPS) is 15.5. The molecule has 0 atom stereocenters. The monoisotopic (exact) mass is 250 g/mol. The number of aromatic nitrogens is 2. The van der Waals surface area contributed by atoms with E-state index in [9.17, 15) is 0 Å². The molecular weight excluding hydrogens is 224 g/mol. The predicted octanol–water partition coefficient (Wildman–Crippen LogP) is 1.77. The van der Waals surface area contributed by atoms with E-state index in [1.807, 2.05) is 12.4 Å². The van der Waals surface area contributed by atoms with E-state index in [4.69, 9.17) is 0 Å². The Hall–Kier alpha value is -0.870. The van der Waals surface area contributed by atoms with Crippen molar-refractivity contribution in [2.75, 3.05) is 20.1 Å². The van der Waals surface area contributed by atoms with Crippen molar-refractivity contribution in [2.24, 2.45) is 7.05 Å². The fourth-order valence-electron chi connectivity index (χ4n) is 2.15. The average Bonchev–Trinajstić information content (AvgIpc) is 3.09. The van der Waals surface area contributed by atoms with Gasteiger partial charge in [-0.1, -0.05) is 6.42 Å². The summed E-state index contributed by atoms with van der Waals surface area (Å²) >= 11 is 0. The summed E-state index contributed by atoms with van der Waals surface area (Å²) in [6, 6.07) is 0.857. The first-order valence-electron chi connectivity index (χ1n) is 7.14. The van der Waals surface area contributed by atoms with Gasteiger partial charge in [0.25, 0.3) is 0 Å². The maximum absolute atomic E-state index is 4.35. The van der Waals surface area contributed by atoms with E-state index >= 15 is 0 Å². The van der Waals surface area contributed by atoms with E-state index in [2.05, 4.69) is 33.9 Å². The van der Waals surface area contributed by atoms with Crippen LogP contribution < -0.4 is 5.32 Å². The van der Waals surface area contributed by atoms with Crippen LogP contribution >= 0.6 is 0 Å². The molecule has 0 spiro atoms. The van der Waals surface area contributed by atoms with Crippen molar-refractivity contribution in [3.8, 4) is 0 Å². The summed E-state index contributed by atoms with van der Waals surface area (Å²) in [5.74, 6) is 1.15. The molecule has 1 aliphatic rings. The Balaban J connectivity index is 1.49. The summed E-state index contributed by atoms with van der Waals surface area (Å²) in [6.45, 7) is 3.31. The lowest BCUT2D eigenvalue weighted by atomic mass is 10.2. The fraction of sp³-hybridized carbons (Fsp3) is 0.786. The Morgan fingerprint density at radius 3 is 2.89 bits per heavy atom. The van der Waals surface area contributed by atoms with Crippen LogP contribution in [0.1, 0.15) is 37.9 Å². The molecule has 4 nitrogen and oxygen atoms in total. The van der Waals surface area contributed by atoms with E-state index in [1.165, 1.54) is 38.6 Å². The molecule has 2 rings (SSSR count). The summed E-state index contributed by atoms with van der Waals surface area (Å²) in [6.07, 6.45) is 10.6. The van der Waals surface area contributed by atoms with Gasteiger partial charge in [0.1, 0.15) is 5.82 Å². The summed E-state index contributed by atoms with van der Waals surface area (Å²) in [5.41, 5.74) is 0. The molecule has 1 aromatic rings. The van der Waals surface area contributed by atoms with E-state index in [1.54, 1.807) is 0 Å². The molecule has 1 aromatic heterocycles. The van der Waals surface area contributed by atoms with Crippen LogP contribution in [0.4, 0.5) is 0 Å². The molecule has 0 radical (unpaired) electrons. The molecule has 0 aromatic carbocycles. The zero-order chi connectivity index (χ0) is 12.8. The highest BCUT2D eigenvalue weighted by atomic mass is 15.1. The summed E-state index contributed by atoms with van der Waals surface area (Å²) in [7, 11) is 4.23. The Morgan fingerprint density at radius 1 is 1.39 bits per heavy atom. The smallest absolute Gasteiger partial charge is 0.122 e. The Kier molecular flexibility index (Phi) is 5.20. The van der Waals surface area contributed by atoms with Gasteiger partial charge >= 0.3 is 0 Å². The van der Waals surface area contributed by atoms with Crippen molar-refractivity contribution < 1.29 is 0 Å². The molecule has 1 fully saturated rings. The Bertz CT molecular complexity index is 343. The standard InChI is InChI=1S/C14H26N4/c1-17(12-14-16-9-11-18(14)2)10-5-3-4-8-15-13-6-7-13/h9,11,13,15H,3-8,10,12H2,1-2H3. The number of imidazole rings is 1. The topological polar surface area (TPSA) is 33.1 Å². The molecule has 18 heavy (non-hydrogen) atoms. The second-order valence-electron chi connectivity index (χ2n) is 5.48. The Morgan fingerprint density at radius 2 is 2.22 bits per heavy atom. The first kappa shape index (κ1) is 13.6. The zero-order valence-corrected chi connectivity index (χ0v) is 11.7. The molecule has 1 saturated carbocycles. The van der Waals surface area contributed by atoms with Crippen LogP contribution in [0, 0.1) is 0 Å². The molecule has 4 heteroatoms. The van der Waals surface area contributed by atoms with E-state index in [0.29, 0.717) is 0 Å². The molecule has 1 aliphatic carbocycles. The van der Waals surface area contributed by atoms with Crippen LogP contribution in [0.15, 0.2) is 12.4 Å². The quantitative estimate of drug-likeness (QED) is 0.678. The molecular formula is C14H26N4. The molecule has 1 heterocycles. The maximum atomic E-state index is 4.35. The van der Waals surface area contributed by atoms with Crippen LogP contribution in [-0.4, -0.2) is 40.6 Å². The predicted molar refractivity (Wildman–Crippen MR) is 74.4 cm³/mol. The molecule has 102 valence electrons. The van der Waals surface area contributed by atoms with Crippen LogP contribution in [-0.2, 0) is 13.6 Å². The minimum absolute atomic E-state index is 0.857. The second kappa shape index (κ2) is 6.90. The van der Waals surface area contributed by atoms with Crippen molar-refractivity contribution in [3.05, 3.63) is 18.2 Å². The van der Waals surface area contributed by atoms with Gasteiger partial charge in [0, 0.05) is 25.5 Å². The zero-order valence-electron chi connectivity index (χ0n) is 11.7. The first-order valence-corrected chi connectivity index (χ1v) is 7.14. The van der Waals surface area contributed by atoms with E-state index < -0.39 is 0 Å². The van der Waals surface area contributed by atoms with Crippen LogP contribution in [0.25, 0.3) is 0 Å². The highest BCUT2D eigenvalue weighted by Gasteiger charge is 2.19. The molecule has 0 bridgehead atoms. The van der Waals surface area contributed by atoms with Gasteiger partial charge in [0.2, 0.25) is 0 Å². The van der Waals surface area contributed by atoms with Crippen LogP contribution in [0.3, 0.4) is 0 Å². The third-order valence-electron chi connectivity index (χ3n) is 3.56. The van der Waals surface area contributed by atoms with E-state index in [0.717, 1.165) is 25.0 Å².